The van der Waals surface area contributed by atoms with Gasteiger partial charge in [0.1, 0.15) is 5.82 Å². The summed E-state index contributed by atoms with van der Waals surface area (Å²) < 4.78 is 63.0. The molecule has 0 bridgehead atoms. The molecule has 0 aliphatic carbocycles. The highest BCUT2D eigenvalue weighted by molar-refractivity contribution is 7.92. The molecule has 0 saturated heterocycles. The number of nitrogens with one attached hydrogen (secondary N) is 1. The van der Waals surface area contributed by atoms with Gasteiger partial charge in [0, 0.05) is 18.7 Å². The number of halogens is 3. The van der Waals surface area contributed by atoms with Gasteiger partial charge in [0.05, 0.1) is 11.4 Å². The van der Waals surface area contributed by atoms with Crippen LogP contribution < -0.4 is 4.72 Å². The summed E-state index contributed by atoms with van der Waals surface area (Å²) in [6, 6.07) is 0.843. The standard InChI is InChI=1S/C9H10F3NO3S/c10-6-4-7(11)9(12)8(5-6)13-17(15,16)3-1-2-14/h4-5,13-14H,1-3H2. The molecular formula is C9H10F3NO3S. The fraction of sp³-hybridized carbons (Fsp3) is 0.333. The highest BCUT2D eigenvalue weighted by Gasteiger charge is 2.16. The van der Waals surface area contributed by atoms with Crippen LogP contribution in [0.4, 0.5) is 18.9 Å². The van der Waals surface area contributed by atoms with Crippen LogP contribution in [0.1, 0.15) is 6.42 Å². The van der Waals surface area contributed by atoms with Gasteiger partial charge in [-0.2, -0.15) is 0 Å². The molecule has 1 aromatic rings. The van der Waals surface area contributed by atoms with E-state index in [1.165, 1.54) is 0 Å². The first kappa shape index (κ1) is 13.8. The molecule has 0 amide bonds. The average Bonchev–Trinajstić information content (AvgIpc) is 2.22. The molecular weight excluding hydrogens is 259 g/mol. The number of aliphatic hydroxyl groups is 1. The zero-order valence-corrected chi connectivity index (χ0v) is 9.40. The van der Waals surface area contributed by atoms with Gasteiger partial charge in [-0.05, 0) is 6.42 Å². The Morgan fingerprint density at radius 3 is 2.47 bits per heavy atom. The summed E-state index contributed by atoms with van der Waals surface area (Å²) >= 11 is 0. The lowest BCUT2D eigenvalue weighted by atomic mass is 10.3. The predicted molar refractivity (Wildman–Crippen MR) is 55.4 cm³/mol. The van der Waals surface area contributed by atoms with Gasteiger partial charge in [-0.25, -0.2) is 21.6 Å². The topological polar surface area (TPSA) is 66.4 Å². The minimum absolute atomic E-state index is 0.0608. The fourth-order valence-corrected chi connectivity index (χ4v) is 2.20. The molecule has 2 N–H and O–H groups in total. The molecule has 0 atom stereocenters. The van der Waals surface area contributed by atoms with Crippen LogP contribution in [-0.2, 0) is 10.0 Å². The van der Waals surface area contributed by atoms with Crippen molar-refractivity contribution in [3.8, 4) is 0 Å². The molecule has 0 radical (unpaired) electrons. The Labute approximate surface area is 96.1 Å². The Balaban J connectivity index is 2.95. The van der Waals surface area contributed by atoms with Crippen molar-refractivity contribution >= 4 is 15.7 Å². The molecule has 1 rings (SSSR count). The molecule has 17 heavy (non-hydrogen) atoms. The van der Waals surface area contributed by atoms with Gasteiger partial charge in [0.25, 0.3) is 0 Å². The van der Waals surface area contributed by atoms with E-state index < -0.39 is 38.9 Å². The lowest BCUT2D eigenvalue weighted by molar-refractivity contribution is 0.295. The van der Waals surface area contributed by atoms with Gasteiger partial charge in [-0.1, -0.05) is 0 Å². The largest absolute Gasteiger partial charge is 0.396 e. The van der Waals surface area contributed by atoms with E-state index in [0.29, 0.717) is 12.1 Å². The number of anilines is 1. The first-order chi connectivity index (χ1) is 7.85. The number of hydrogen-bond acceptors (Lipinski definition) is 3. The summed E-state index contributed by atoms with van der Waals surface area (Å²) in [5, 5.41) is 8.45. The Hall–Kier alpha value is -1.28. The molecule has 0 heterocycles. The van der Waals surface area contributed by atoms with E-state index in [1.807, 2.05) is 0 Å². The van der Waals surface area contributed by atoms with E-state index in [4.69, 9.17) is 5.11 Å². The van der Waals surface area contributed by atoms with E-state index in [0.717, 1.165) is 0 Å². The van der Waals surface area contributed by atoms with Crippen molar-refractivity contribution in [1.82, 2.24) is 0 Å². The third-order valence-electron chi connectivity index (χ3n) is 1.83. The van der Waals surface area contributed by atoms with Crippen LogP contribution >= 0.6 is 0 Å². The third-order valence-corrected chi connectivity index (χ3v) is 3.19. The van der Waals surface area contributed by atoms with Crippen LogP contribution in [0.3, 0.4) is 0 Å². The second kappa shape index (κ2) is 5.37. The predicted octanol–water partition coefficient (Wildman–Crippen LogP) is 1.23. The van der Waals surface area contributed by atoms with Crippen LogP contribution in [0.2, 0.25) is 0 Å². The Bertz CT molecular complexity index is 504. The molecule has 0 aliphatic rings. The van der Waals surface area contributed by atoms with Crippen LogP contribution in [0.25, 0.3) is 0 Å². The summed E-state index contributed by atoms with van der Waals surface area (Å²) in [7, 11) is -3.94. The molecule has 4 nitrogen and oxygen atoms in total. The summed E-state index contributed by atoms with van der Waals surface area (Å²) in [5.41, 5.74) is -0.791. The molecule has 96 valence electrons. The maximum atomic E-state index is 13.1. The lowest BCUT2D eigenvalue weighted by Gasteiger charge is -2.08. The van der Waals surface area contributed by atoms with Crippen molar-refractivity contribution in [2.75, 3.05) is 17.1 Å². The molecule has 8 heteroatoms. The van der Waals surface area contributed by atoms with Crippen molar-refractivity contribution < 1.29 is 26.7 Å². The fourth-order valence-electron chi connectivity index (χ4n) is 1.10. The van der Waals surface area contributed by atoms with E-state index in [1.54, 1.807) is 4.72 Å². The van der Waals surface area contributed by atoms with Gasteiger partial charge in [0.15, 0.2) is 11.6 Å². The van der Waals surface area contributed by atoms with Crippen LogP contribution in [-0.4, -0.2) is 25.9 Å². The van der Waals surface area contributed by atoms with Crippen LogP contribution in [0.5, 0.6) is 0 Å². The van der Waals surface area contributed by atoms with E-state index in [9.17, 15) is 21.6 Å². The monoisotopic (exact) mass is 269 g/mol. The smallest absolute Gasteiger partial charge is 0.232 e. The number of sulfonamides is 1. The summed E-state index contributed by atoms with van der Waals surface area (Å²) in [4.78, 5) is 0. The number of aliphatic hydroxyl groups excluding tert-OH is 1. The molecule has 0 aliphatic heterocycles. The Morgan fingerprint density at radius 2 is 1.88 bits per heavy atom. The molecule has 0 unspecified atom stereocenters. The number of hydrogen-bond donors (Lipinski definition) is 2. The van der Waals surface area contributed by atoms with Crippen molar-refractivity contribution in [3.05, 3.63) is 29.6 Å². The highest BCUT2D eigenvalue weighted by Crippen LogP contribution is 2.20. The van der Waals surface area contributed by atoms with Crippen molar-refractivity contribution in [2.45, 2.75) is 6.42 Å². The van der Waals surface area contributed by atoms with E-state index in [2.05, 4.69) is 0 Å². The molecule has 1 aromatic carbocycles. The van der Waals surface area contributed by atoms with Crippen molar-refractivity contribution in [3.63, 3.8) is 0 Å². The SMILES string of the molecule is O=S(=O)(CCCO)Nc1cc(F)cc(F)c1F. The molecule has 0 spiro atoms. The molecule has 0 aromatic heterocycles. The minimum atomic E-state index is -3.94. The van der Waals surface area contributed by atoms with Crippen molar-refractivity contribution in [1.29, 1.82) is 0 Å². The zero-order valence-electron chi connectivity index (χ0n) is 8.58. The van der Waals surface area contributed by atoms with E-state index >= 15 is 0 Å². The summed E-state index contributed by atoms with van der Waals surface area (Å²) in [5.74, 6) is -4.52. The third kappa shape index (κ3) is 3.90. The lowest BCUT2D eigenvalue weighted by Crippen LogP contribution is -2.18. The minimum Gasteiger partial charge on any atom is -0.396 e. The zero-order chi connectivity index (χ0) is 13.1. The van der Waals surface area contributed by atoms with E-state index in [-0.39, 0.29) is 13.0 Å². The van der Waals surface area contributed by atoms with Gasteiger partial charge >= 0.3 is 0 Å². The first-order valence-electron chi connectivity index (χ1n) is 4.61. The maximum absolute atomic E-state index is 13.1. The second-order valence-electron chi connectivity index (χ2n) is 3.25. The maximum Gasteiger partial charge on any atom is 0.232 e. The molecule has 0 saturated carbocycles. The van der Waals surface area contributed by atoms with Gasteiger partial charge < -0.3 is 5.11 Å². The summed E-state index contributed by atoms with van der Waals surface area (Å²) in [6.07, 6.45) is -0.0608. The Morgan fingerprint density at radius 1 is 1.24 bits per heavy atom. The molecule has 0 fully saturated rings. The highest BCUT2D eigenvalue weighted by atomic mass is 32.2. The van der Waals surface area contributed by atoms with Crippen molar-refractivity contribution in [2.24, 2.45) is 0 Å². The first-order valence-corrected chi connectivity index (χ1v) is 6.27. The van der Waals surface area contributed by atoms with Gasteiger partial charge in [-0.3, -0.25) is 4.72 Å². The van der Waals surface area contributed by atoms with Crippen LogP contribution in [0, 0.1) is 17.5 Å². The number of rotatable bonds is 5. The normalized spacial score (nSPS) is 11.5. The van der Waals surface area contributed by atoms with Gasteiger partial charge in [-0.15, -0.1) is 0 Å². The number of benzene rings is 1. The average molecular weight is 269 g/mol. The Kier molecular flexibility index (Phi) is 4.35. The summed E-state index contributed by atoms with van der Waals surface area (Å²) in [6.45, 7) is -0.360. The van der Waals surface area contributed by atoms with Crippen LogP contribution in [0.15, 0.2) is 12.1 Å². The second-order valence-corrected chi connectivity index (χ2v) is 5.09. The quantitative estimate of drug-likeness (QED) is 0.790. The van der Waals surface area contributed by atoms with Gasteiger partial charge in [0.2, 0.25) is 10.0 Å².